The summed E-state index contributed by atoms with van der Waals surface area (Å²) < 4.78 is 0. The Balaban J connectivity index is 2.36. The molecule has 0 aromatic heterocycles. The van der Waals surface area contributed by atoms with Crippen molar-refractivity contribution < 1.29 is 9.90 Å². The van der Waals surface area contributed by atoms with Crippen molar-refractivity contribution in [2.75, 3.05) is 13.6 Å². The van der Waals surface area contributed by atoms with E-state index in [0.29, 0.717) is 11.3 Å². The van der Waals surface area contributed by atoms with Gasteiger partial charge in [-0.1, -0.05) is 0 Å². The third kappa shape index (κ3) is 1.64. The van der Waals surface area contributed by atoms with Crippen LogP contribution in [0.3, 0.4) is 0 Å². The van der Waals surface area contributed by atoms with Crippen LogP contribution in [0.5, 0.6) is 0 Å². The number of hydrogen-bond acceptors (Lipinski definition) is 4. The lowest BCUT2D eigenvalue weighted by molar-refractivity contribution is -0.111. The zero-order valence-corrected chi connectivity index (χ0v) is 8.45. The zero-order valence-electron chi connectivity index (χ0n) is 8.45. The van der Waals surface area contributed by atoms with Gasteiger partial charge < -0.3 is 10.4 Å². The molecule has 4 heteroatoms. The number of nitrogens with zero attached hydrogens (tertiary/aromatic N) is 1. The van der Waals surface area contributed by atoms with Crippen LogP contribution >= 0.6 is 0 Å². The van der Waals surface area contributed by atoms with E-state index in [2.05, 4.69) is 10.3 Å². The summed E-state index contributed by atoms with van der Waals surface area (Å²) in [6, 6.07) is 0. The molecule has 0 saturated heterocycles. The fraction of sp³-hybridized carbons (Fsp3) is 0.273. The maximum Gasteiger partial charge on any atom is 0.188 e. The summed E-state index contributed by atoms with van der Waals surface area (Å²) in [5.41, 5.74) is 1.85. The highest BCUT2D eigenvalue weighted by Gasteiger charge is 2.26. The molecular formula is C11H12N2O2. The van der Waals surface area contributed by atoms with Crippen LogP contribution in [-0.4, -0.2) is 30.7 Å². The van der Waals surface area contributed by atoms with Gasteiger partial charge in [0.1, 0.15) is 11.5 Å². The maximum absolute atomic E-state index is 11.6. The molecule has 0 fully saturated rings. The van der Waals surface area contributed by atoms with Gasteiger partial charge >= 0.3 is 0 Å². The highest BCUT2D eigenvalue weighted by Crippen LogP contribution is 2.29. The second-order valence-corrected chi connectivity index (χ2v) is 3.44. The molecule has 1 heterocycles. The molecule has 0 spiro atoms. The smallest absolute Gasteiger partial charge is 0.188 e. The molecule has 0 radical (unpaired) electrons. The van der Waals surface area contributed by atoms with Crippen LogP contribution in [0.1, 0.15) is 6.42 Å². The number of fused-ring (bicyclic) bond motifs is 1. The molecule has 0 saturated carbocycles. The van der Waals surface area contributed by atoms with Crippen molar-refractivity contribution in [3.05, 3.63) is 34.8 Å². The Morgan fingerprint density at radius 1 is 1.47 bits per heavy atom. The quantitative estimate of drug-likeness (QED) is 0.717. The third-order valence-corrected chi connectivity index (χ3v) is 2.43. The van der Waals surface area contributed by atoms with E-state index in [9.17, 15) is 9.90 Å². The van der Waals surface area contributed by atoms with Gasteiger partial charge in [0, 0.05) is 6.21 Å². The summed E-state index contributed by atoms with van der Waals surface area (Å²) in [6.45, 7) is 0.788. The van der Waals surface area contributed by atoms with Crippen LogP contribution in [0, 0.1) is 0 Å². The van der Waals surface area contributed by atoms with Crippen molar-refractivity contribution in [1.82, 2.24) is 5.32 Å². The maximum atomic E-state index is 11.6. The second kappa shape index (κ2) is 3.82. The van der Waals surface area contributed by atoms with Crippen molar-refractivity contribution in [3.63, 3.8) is 0 Å². The number of carbonyl (C=O) groups excluding carboxylic acids is 1. The Bertz CT molecular complexity index is 428. The van der Waals surface area contributed by atoms with E-state index >= 15 is 0 Å². The van der Waals surface area contributed by atoms with Crippen LogP contribution in [0.2, 0.25) is 0 Å². The van der Waals surface area contributed by atoms with Crippen LogP contribution < -0.4 is 5.32 Å². The molecule has 4 nitrogen and oxygen atoms in total. The molecular weight excluding hydrogens is 192 g/mol. The standard InChI is InChI=1S/C11H12N2O2/c1-12-5-4-7-6-13-11-9(15)3-2-8(14)10(7)11/h2-3,6,12,15H,4-5H2,1H3. The highest BCUT2D eigenvalue weighted by atomic mass is 16.3. The van der Waals surface area contributed by atoms with Crippen LogP contribution in [0.15, 0.2) is 39.7 Å². The van der Waals surface area contributed by atoms with Gasteiger partial charge in [0.05, 0.1) is 5.57 Å². The summed E-state index contributed by atoms with van der Waals surface area (Å²) in [7, 11) is 1.86. The van der Waals surface area contributed by atoms with Gasteiger partial charge in [0.2, 0.25) is 0 Å². The Morgan fingerprint density at radius 2 is 2.27 bits per heavy atom. The zero-order chi connectivity index (χ0) is 10.8. The van der Waals surface area contributed by atoms with Crippen LogP contribution in [-0.2, 0) is 4.79 Å². The Hall–Kier alpha value is -1.68. The summed E-state index contributed by atoms with van der Waals surface area (Å²) in [4.78, 5) is 15.7. The van der Waals surface area contributed by atoms with Crippen LogP contribution in [0.4, 0.5) is 0 Å². The number of aliphatic hydroxyl groups is 1. The van der Waals surface area contributed by atoms with E-state index < -0.39 is 0 Å². The van der Waals surface area contributed by atoms with E-state index in [4.69, 9.17) is 0 Å². The first-order chi connectivity index (χ1) is 7.24. The van der Waals surface area contributed by atoms with Gasteiger partial charge in [0.25, 0.3) is 0 Å². The fourth-order valence-corrected chi connectivity index (χ4v) is 1.66. The van der Waals surface area contributed by atoms with Gasteiger partial charge in [-0.25, -0.2) is 0 Å². The molecule has 78 valence electrons. The summed E-state index contributed by atoms with van der Waals surface area (Å²) in [5.74, 6) is -0.00768. The van der Waals surface area contributed by atoms with Crippen molar-refractivity contribution in [1.29, 1.82) is 0 Å². The third-order valence-electron chi connectivity index (χ3n) is 2.43. The number of hydrogen-bond donors (Lipinski definition) is 2. The van der Waals surface area contributed by atoms with Gasteiger partial charge in [-0.15, -0.1) is 0 Å². The van der Waals surface area contributed by atoms with Crippen LogP contribution in [0.25, 0.3) is 0 Å². The van der Waals surface area contributed by atoms with Crippen molar-refractivity contribution in [2.45, 2.75) is 6.42 Å². The molecule has 2 rings (SSSR count). The first kappa shape index (κ1) is 9.86. The summed E-state index contributed by atoms with van der Waals surface area (Å²) in [6.07, 6.45) is 5.16. The number of aliphatic imine (C=N–C) groups is 1. The van der Waals surface area contributed by atoms with Gasteiger partial charge in [-0.2, -0.15) is 0 Å². The molecule has 2 aliphatic rings. The Kier molecular flexibility index (Phi) is 2.51. The topological polar surface area (TPSA) is 61.7 Å². The molecule has 0 amide bonds. The molecule has 0 aromatic carbocycles. The number of nitrogens with one attached hydrogen (secondary N) is 1. The van der Waals surface area contributed by atoms with Gasteiger partial charge in [-0.05, 0) is 37.7 Å². The molecule has 0 aromatic rings. The lowest BCUT2D eigenvalue weighted by atomic mass is 9.97. The number of allylic oxidation sites excluding steroid dienone is 3. The van der Waals surface area contributed by atoms with Gasteiger partial charge in [0.15, 0.2) is 5.78 Å². The van der Waals surface area contributed by atoms with E-state index in [1.807, 2.05) is 7.05 Å². The van der Waals surface area contributed by atoms with Crippen molar-refractivity contribution in [2.24, 2.45) is 4.99 Å². The molecule has 1 aliphatic heterocycles. The van der Waals surface area contributed by atoms with E-state index in [-0.39, 0.29) is 11.5 Å². The molecule has 2 N–H and O–H groups in total. The summed E-state index contributed by atoms with van der Waals surface area (Å²) >= 11 is 0. The monoisotopic (exact) mass is 204 g/mol. The molecule has 0 bridgehead atoms. The number of carbonyl (C=O) groups is 1. The fourth-order valence-electron chi connectivity index (χ4n) is 1.66. The molecule has 0 unspecified atom stereocenters. The van der Waals surface area contributed by atoms with E-state index in [0.717, 1.165) is 18.5 Å². The minimum atomic E-state index is -0.0774. The number of ketones is 1. The first-order valence-electron chi connectivity index (χ1n) is 4.82. The van der Waals surface area contributed by atoms with E-state index in [1.54, 1.807) is 6.21 Å². The second-order valence-electron chi connectivity index (χ2n) is 3.44. The molecule has 0 atom stereocenters. The molecule has 1 aliphatic carbocycles. The predicted molar refractivity (Wildman–Crippen MR) is 57.9 cm³/mol. The minimum absolute atomic E-state index is 0.0697. The number of aliphatic hydroxyl groups excluding tert-OH is 1. The predicted octanol–water partition coefficient (Wildman–Crippen LogP) is 0.885. The normalized spacial score (nSPS) is 19.1. The average Bonchev–Trinajstić information content (AvgIpc) is 2.65. The summed E-state index contributed by atoms with van der Waals surface area (Å²) in [5, 5.41) is 12.5. The first-order valence-corrected chi connectivity index (χ1v) is 4.82. The Morgan fingerprint density at radius 3 is 3.00 bits per heavy atom. The number of rotatable bonds is 3. The lowest BCUT2D eigenvalue weighted by Gasteiger charge is -2.08. The van der Waals surface area contributed by atoms with Gasteiger partial charge in [-0.3, -0.25) is 9.79 Å². The van der Waals surface area contributed by atoms with Crippen molar-refractivity contribution in [3.8, 4) is 0 Å². The Labute approximate surface area is 87.7 Å². The van der Waals surface area contributed by atoms with Crippen molar-refractivity contribution >= 4 is 12.0 Å². The lowest BCUT2D eigenvalue weighted by Crippen LogP contribution is -2.12. The largest absolute Gasteiger partial charge is 0.506 e. The SMILES string of the molecule is CNCCC1=C2C(=O)C=CC(O)=C2N=C1. The highest BCUT2D eigenvalue weighted by molar-refractivity contribution is 6.14. The van der Waals surface area contributed by atoms with E-state index in [1.165, 1.54) is 12.2 Å². The molecule has 15 heavy (non-hydrogen) atoms. The minimum Gasteiger partial charge on any atom is -0.506 e. The average molecular weight is 204 g/mol.